The van der Waals surface area contributed by atoms with E-state index in [1.807, 2.05) is 0 Å². The van der Waals surface area contributed by atoms with Crippen LogP contribution in [0.15, 0.2) is 0 Å². The first-order chi connectivity index (χ1) is 20.1. The van der Waals surface area contributed by atoms with E-state index in [2.05, 4.69) is 36.4 Å². The Morgan fingerprint density at radius 1 is 1.05 bits per heavy atom. The highest BCUT2D eigenvalue weighted by Gasteiger charge is 2.38. The Labute approximate surface area is 244 Å². The van der Waals surface area contributed by atoms with Gasteiger partial charge in [0.2, 0.25) is 5.91 Å². The van der Waals surface area contributed by atoms with Crippen molar-refractivity contribution in [3.8, 4) is 0 Å². The molecule has 0 spiro atoms. The number of piperidine rings is 2. The summed E-state index contributed by atoms with van der Waals surface area (Å²) < 4.78 is 17.2. The number of fused-ring (bicyclic) bond motifs is 1. The minimum absolute atomic E-state index is 0.0277. The third kappa shape index (κ3) is 8.37. The zero-order valence-corrected chi connectivity index (χ0v) is 24.6. The zero-order valence-electron chi connectivity index (χ0n) is 24.6. The number of likely N-dealkylation sites (tertiary alicyclic amines) is 2. The lowest BCUT2D eigenvalue weighted by Crippen LogP contribution is -2.72. The Balaban J connectivity index is 0.917. The van der Waals surface area contributed by atoms with Gasteiger partial charge in [-0.3, -0.25) is 31.0 Å². The van der Waals surface area contributed by atoms with Gasteiger partial charge in [0.15, 0.2) is 0 Å². The number of aliphatic hydroxyl groups excluding tert-OH is 1. The van der Waals surface area contributed by atoms with Crippen LogP contribution in [0, 0.1) is 11.8 Å². The van der Waals surface area contributed by atoms with Gasteiger partial charge in [-0.2, -0.15) is 0 Å². The third-order valence-electron chi connectivity index (χ3n) is 10.0. The number of ether oxygens (including phenoxy) is 3. The second-order valence-electron chi connectivity index (χ2n) is 13.2. The number of amides is 1. The van der Waals surface area contributed by atoms with E-state index in [9.17, 15) is 9.90 Å². The van der Waals surface area contributed by atoms with Gasteiger partial charge in [-0.1, -0.05) is 6.42 Å². The molecule has 6 aliphatic rings. The number of hydrogen-bond acceptors (Lipinski definition) is 11. The van der Waals surface area contributed by atoms with Crippen molar-refractivity contribution in [1.29, 1.82) is 0 Å². The molecule has 5 saturated heterocycles. The van der Waals surface area contributed by atoms with Gasteiger partial charge in [0, 0.05) is 45.7 Å². The summed E-state index contributed by atoms with van der Waals surface area (Å²) in [5.74, 6) is 1.35. The number of hydrogen-bond donors (Lipinski definition) is 6. The van der Waals surface area contributed by atoms with E-state index < -0.39 is 6.10 Å². The minimum Gasteiger partial charge on any atom is -0.390 e. The van der Waals surface area contributed by atoms with E-state index in [4.69, 9.17) is 14.2 Å². The van der Waals surface area contributed by atoms with Crippen molar-refractivity contribution in [3.63, 3.8) is 0 Å². The Hall–Kier alpha value is -0.930. The van der Waals surface area contributed by atoms with E-state index in [1.54, 1.807) is 0 Å². The topological polar surface area (TPSA) is 132 Å². The number of rotatable bonds is 11. The van der Waals surface area contributed by atoms with Gasteiger partial charge in [-0.15, -0.1) is 0 Å². The first-order valence-electron chi connectivity index (χ1n) is 16.3. The maximum Gasteiger partial charge on any atom is 0.237 e. The van der Waals surface area contributed by atoms with Gasteiger partial charge >= 0.3 is 0 Å². The van der Waals surface area contributed by atoms with Crippen LogP contribution in [0.1, 0.15) is 51.4 Å². The van der Waals surface area contributed by atoms with Gasteiger partial charge < -0.3 is 29.5 Å². The second kappa shape index (κ2) is 14.7. The molecule has 1 saturated carbocycles. The largest absolute Gasteiger partial charge is 0.390 e. The Kier molecular flexibility index (Phi) is 10.8. The number of carbonyl (C=O) groups is 1. The number of carbonyl (C=O) groups excluding carboxylic acids is 1. The number of β-amino-alcohol motifs (C(OH)–C–C–N with tert-alkyl or cyclic N) is 1. The maximum atomic E-state index is 13.3. The smallest absolute Gasteiger partial charge is 0.237 e. The van der Waals surface area contributed by atoms with Gasteiger partial charge in [0.25, 0.3) is 0 Å². The van der Waals surface area contributed by atoms with Gasteiger partial charge in [0.05, 0.1) is 63.1 Å². The predicted molar refractivity (Wildman–Crippen MR) is 154 cm³/mol. The molecule has 6 rings (SSSR count). The summed E-state index contributed by atoms with van der Waals surface area (Å²) in [6.45, 7) is 8.66. The molecular formula is C29H53N7O5. The van der Waals surface area contributed by atoms with Crippen LogP contribution in [-0.4, -0.2) is 136 Å². The third-order valence-corrected chi connectivity index (χ3v) is 10.0. The molecule has 0 aromatic heterocycles. The lowest BCUT2D eigenvalue weighted by atomic mass is 9.74. The highest BCUT2D eigenvalue weighted by molar-refractivity contribution is 5.82. The van der Waals surface area contributed by atoms with Crippen molar-refractivity contribution < 1.29 is 24.1 Å². The molecule has 5 heterocycles. The molecule has 6 N–H and O–H groups in total. The molecule has 1 aliphatic carbocycles. The average molecular weight is 580 g/mol. The first-order valence-corrected chi connectivity index (χ1v) is 16.3. The van der Waals surface area contributed by atoms with Crippen LogP contribution in [-0.2, 0) is 19.0 Å². The maximum absolute atomic E-state index is 13.3. The van der Waals surface area contributed by atoms with Crippen molar-refractivity contribution in [3.05, 3.63) is 0 Å². The Morgan fingerprint density at radius 3 is 2.71 bits per heavy atom. The molecule has 234 valence electrons. The molecule has 0 aromatic rings. The van der Waals surface area contributed by atoms with Crippen molar-refractivity contribution in [2.24, 2.45) is 11.8 Å². The summed E-state index contributed by atoms with van der Waals surface area (Å²) in [4.78, 5) is 18.1. The van der Waals surface area contributed by atoms with Crippen LogP contribution >= 0.6 is 0 Å². The molecule has 5 aliphatic heterocycles. The minimum atomic E-state index is -0.573. The average Bonchev–Trinajstić information content (AvgIpc) is 3.51. The van der Waals surface area contributed by atoms with Crippen LogP contribution in [0.25, 0.3) is 0 Å². The van der Waals surface area contributed by atoms with Gasteiger partial charge in [0.1, 0.15) is 6.29 Å². The Morgan fingerprint density at radius 2 is 1.93 bits per heavy atom. The molecule has 0 radical (unpaired) electrons. The predicted octanol–water partition coefficient (Wildman–Crippen LogP) is -1.05. The zero-order chi connectivity index (χ0) is 28.0. The normalized spacial score (nSPS) is 38.2. The van der Waals surface area contributed by atoms with Crippen molar-refractivity contribution >= 4 is 5.91 Å². The summed E-state index contributed by atoms with van der Waals surface area (Å²) in [7, 11) is 0. The summed E-state index contributed by atoms with van der Waals surface area (Å²) in [5.41, 5.74) is 0. The summed E-state index contributed by atoms with van der Waals surface area (Å²) >= 11 is 0. The Bertz CT molecular complexity index is 825. The van der Waals surface area contributed by atoms with Gasteiger partial charge in [-0.25, -0.2) is 0 Å². The van der Waals surface area contributed by atoms with E-state index >= 15 is 0 Å². The van der Waals surface area contributed by atoms with E-state index in [1.165, 1.54) is 25.7 Å². The molecular weight excluding hydrogens is 526 g/mol. The standard InChI is InChI=1S/C29H53N7O5/c37-23(15-35-9-6-20-10-24(5-4-21(20)14-35)40-18-25-13-30-19-41-25)12-31-28(38)26-11-27(32-22-16-39-17-22)34-29(33-26)36-7-2-1-3-8-36/h20-27,29-30,32-34,37H,1-19H2,(H,31,38)/t20?,21?,23-,24?,25?,26?,27?,29?/m0/s1. The molecule has 1 amide bonds. The SMILES string of the molecule is O=C(NC[C@H](O)CN1CCC2CC(OCC3CNCO3)CCC2C1)C1CC(NC2COC2)NC(N2CCCCC2)N1. The fraction of sp³-hybridized carbons (Fsp3) is 0.966. The molecule has 8 atom stereocenters. The summed E-state index contributed by atoms with van der Waals surface area (Å²) in [6, 6.07) is 0.0347. The summed E-state index contributed by atoms with van der Waals surface area (Å²) in [6.07, 6.45) is 8.90. The highest BCUT2D eigenvalue weighted by atomic mass is 16.5. The number of nitrogens with one attached hydrogen (secondary N) is 5. The van der Waals surface area contributed by atoms with Crippen LogP contribution in [0.4, 0.5) is 0 Å². The van der Waals surface area contributed by atoms with Crippen LogP contribution in [0.3, 0.4) is 0 Å². The van der Waals surface area contributed by atoms with Crippen molar-refractivity contribution in [2.45, 2.75) is 94.2 Å². The van der Waals surface area contributed by atoms with E-state index in [0.29, 0.717) is 50.3 Å². The van der Waals surface area contributed by atoms with E-state index in [0.717, 1.165) is 65.2 Å². The molecule has 0 bridgehead atoms. The molecule has 7 unspecified atom stereocenters. The molecule has 0 aromatic carbocycles. The fourth-order valence-electron chi connectivity index (χ4n) is 7.58. The molecule has 6 fully saturated rings. The quantitative estimate of drug-likeness (QED) is 0.179. The number of nitrogens with zero attached hydrogens (tertiary/aromatic N) is 2. The van der Waals surface area contributed by atoms with Crippen molar-refractivity contribution in [1.82, 2.24) is 36.4 Å². The highest BCUT2D eigenvalue weighted by Crippen LogP contribution is 2.37. The molecule has 41 heavy (non-hydrogen) atoms. The number of aliphatic hydroxyl groups is 1. The van der Waals surface area contributed by atoms with Crippen LogP contribution in [0.5, 0.6) is 0 Å². The fourth-order valence-corrected chi connectivity index (χ4v) is 7.58. The van der Waals surface area contributed by atoms with Crippen LogP contribution in [0.2, 0.25) is 0 Å². The monoisotopic (exact) mass is 579 g/mol. The second-order valence-corrected chi connectivity index (χ2v) is 13.2. The molecule has 12 heteroatoms. The van der Waals surface area contributed by atoms with Crippen molar-refractivity contribution in [2.75, 3.05) is 72.4 Å². The molecule has 12 nitrogen and oxygen atoms in total. The van der Waals surface area contributed by atoms with Crippen LogP contribution < -0.4 is 26.6 Å². The van der Waals surface area contributed by atoms with E-state index in [-0.39, 0.29) is 37.1 Å². The lowest BCUT2D eigenvalue weighted by Gasteiger charge is -2.45. The van der Waals surface area contributed by atoms with Gasteiger partial charge in [-0.05, 0) is 56.9 Å². The lowest BCUT2D eigenvalue weighted by molar-refractivity contribution is -0.126. The summed E-state index contributed by atoms with van der Waals surface area (Å²) in [5, 5.41) is 28.0. The first kappa shape index (κ1) is 30.1.